The Morgan fingerprint density at radius 3 is 1.62 bits per heavy atom. The molecule has 0 aliphatic rings. The number of hydrogen-bond donors (Lipinski definition) is 1. The molecule has 1 N–H and O–H groups in total. The van der Waals surface area contributed by atoms with Gasteiger partial charge in [0.15, 0.2) is 0 Å². The highest BCUT2D eigenvalue weighted by Gasteiger charge is 2.36. The number of carbonyl (C=O) groups is 1. The molecular formula is C13H27NO2. The predicted octanol–water partition coefficient (Wildman–Crippen LogP) is 3.58. The molecule has 0 aliphatic heterocycles. The minimum absolute atomic E-state index is 0.00818. The number of ether oxygens (including phenoxy) is 1. The van der Waals surface area contributed by atoms with Gasteiger partial charge >= 0.3 is 6.09 Å². The smallest absolute Gasteiger partial charge is 0.407 e. The molecule has 0 saturated carbocycles. The number of nitrogens with one attached hydrogen (secondary N) is 1. The molecule has 1 amide bonds. The molecule has 0 rings (SSSR count). The monoisotopic (exact) mass is 229 g/mol. The normalized spacial score (nSPS) is 13.1. The number of carbonyl (C=O) groups excluding carboxylic acids is 1. The third kappa shape index (κ3) is 5.38. The molecule has 0 heterocycles. The van der Waals surface area contributed by atoms with Crippen molar-refractivity contribution < 1.29 is 9.53 Å². The van der Waals surface area contributed by atoms with Crippen LogP contribution in [-0.2, 0) is 4.74 Å². The average Bonchev–Trinajstić information content (AvgIpc) is 1.94. The minimum Gasteiger partial charge on any atom is -0.447 e. The van der Waals surface area contributed by atoms with Gasteiger partial charge < -0.3 is 10.1 Å². The maximum atomic E-state index is 11.6. The Kier molecular flexibility index (Phi) is 4.84. The van der Waals surface area contributed by atoms with E-state index in [-0.39, 0.29) is 29.1 Å². The number of amides is 1. The summed E-state index contributed by atoms with van der Waals surface area (Å²) in [7, 11) is 0. The van der Waals surface area contributed by atoms with Gasteiger partial charge in [-0.25, -0.2) is 4.79 Å². The van der Waals surface area contributed by atoms with Crippen LogP contribution in [0.3, 0.4) is 0 Å². The number of rotatable bonds is 2. The van der Waals surface area contributed by atoms with E-state index in [9.17, 15) is 4.79 Å². The van der Waals surface area contributed by atoms with E-state index >= 15 is 0 Å². The van der Waals surface area contributed by atoms with Crippen LogP contribution < -0.4 is 5.32 Å². The van der Waals surface area contributed by atoms with Crippen molar-refractivity contribution >= 4 is 6.09 Å². The molecule has 0 bridgehead atoms. The van der Waals surface area contributed by atoms with Crippen LogP contribution in [0.25, 0.3) is 0 Å². The molecule has 0 aliphatic carbocycles. The minimum atomic E-state index is -0.329. The zero-order chi connectivity index (χ0) is 13.1. The lowest BCUT2D eigenvalue weighted by Gasteiger charge is -2.40. The van der Waals surface area contributed by atoms with Crippen LogP contribution in [0.4, 0.5) is 4.79 Å². The number of alkyl carbamates (subject to hydrolysis) is 1. The Hall–Kier alpha value is -0.730. The Morgan fingerprint density at radius 1 is 1.00 bits per heavy atom. The maximum absolute atomic E-state index is 11.6. The summed E-state index contributed by atoms with van der Waals surface area (Å²) in [5.74, 6) is 0. The summed E-state index contributed by atoms with van der Waals surface area (Å²) in [6.07, 6.45) is -0.412. The Morgan fingerprint density at radius 2 is 1.38 bits per heavy atom. The van der Waals surface area contributed by atoms with Crippen LogP contribution in [-0.4, -0.2) is 18.2 Å². The van der Waals surface area contributed by atoms with Crippen LogP contribution in [0.2, 0.25) is 0 Å². The van der Waals surface area contributed by atoms with Crippen LogP contribution in [0.5, 0.6) is 0 Å². The molecule has 0 atom stereocenters. The lowest BCUT2D eigenvalue weighted by molar-refractivity contribution is 0.0832. The van der Waals surface area contributed by atoms with Crippen LogP contribution in [0, 0.1) is 10.8 Å². The molecule has 16 heavy (non-hydrogen) atoms. The van der Waals surface area contributed by atoms with Crippen molar-refractivity contribution in [1.29, 1.82) is 0 Å². The zero-order valence-corrected chi connectivity index (χ0v) is 12.0. The molecule has 3 nitrogen and oxygen atoms in total. The van der Waals surface area contributed by atoms with Gasteiger partial charge in [0.2, 0.25) is 0 Å². The van der Waals surface area contributed by atoms with E-state index in [1.54, 1.807) is 0 Å². The second kappa shape index (κ2) is 5.07. The Balaban J connectivity index is 4.65. The second-order valence-electron chi connectivity index (χ2n) is 6.76. The second-order valence-corrected chi connectivity index (χ2v) is 6.76. The van der Waals surface area contributed by atoms with Crippen molar-refractivity contribution in [2.24, 2.45) is 10.8 Å². The fraction of sp³-hybridized carbons (Fsp3) is 0.923. The van der Waals surface area contributed by atoms with Crippen LogP contribution >= 0.6 is 0 Å². The van der Waals surface area contributed by atoms with Crippen molar-refractivity contribution in [2.45, 2.75) is 67.5 Å². The lowest BCUT2D eigenvalue weighted by Crippen LogP contribution is -2.51. The van der Waals surface area contributed by atoms with E-state index in [4.69, 9.17) is 4.74 Å². The third-order valence-electron chi connectivity index (χ3n) is 2.34. The van der Waals surface area contributed by atoms with Gasteiger partial charge in [-0.15, -0.1) is 0 Å². The highest BCUT2D eigenvalue weighted by molar-refractivity contribution is 5.68. The summed E-state index contributed by atoms with van der Waals surface area (Å²) < 4.78 is 5.12. The van der Waals surface area contributed by atoms with Gasteiger partial charge in [-0.1, -0.05) is 41.5 Å². The third-order valence-corrected chi connectivity index (χ3v) is 2.34. The molecule has 0 unspecified atom stereocenters. The van der Waals surface area contributed by atoms with E-state index < -0.39 is 0 Å². The summed E-state index contributed by atoms with van der Waals surface area (Å²) in [6.45, 7) is 16.4. The van der Waals surface area contributed by atoms with E-state index in [1.165, 1.54) is 0 Å². The predicted molar refractivity (Wildman–Crippen MR) is 67.5 cm³/mol. The summed E-state index contributed by atoms with van der Waals surface area (Å²) >= 11 is 0. The molecule has 0 aromatic heterocycles. The van der Waals surface area contributed by atoms with Gasteiger partial charge in [-0.2, -0.15) is 0 Å². The molecule has 0 spiro atoms. The Bertz CT molecular complexity index is 219. The number of hydrogen-bond acceptors (Lipinski definition) is 2. The standard InChI is InChI=1S/C13H27NO2/c1-9(2)16-11(15)14-10(12(3,4)5)13(6,7)8/h9-10H,1-8H3,(H,14,15). The van der Waals surface area contributed by atoms with Gasteiger partial charge in [0, 0.05) is 6.04 Å². The highest BCUT2D eigenvalue weighted by atomic mass is 16.6. The van der Waals surface area contributed by atoms with Gasteiger partial charge in [-0.05, 0) is 24.7 Å². The van der Waals surface area contributed by atoms with Crippen molar-refractivity contribution in [2.75, 3.05) is 0 Å². The molecule has 0 fully saturated rings. The summed E-state index contributed by atoms with van der Waals surface area (Å²) in [4.78, 5) is 11.6. The van der Waals surface area contributed by atoms with Gasteiger partial charge in [0.1, 0.15) is 0 Å². The van der Waals surface area contributed by atoms with E-state index in [0.717, 1.165) is 0 Å². The van der Waals surface area contributed by atoms with Gasteiger partial charge in [0.05, 0.1) is 6.10 Å². The molecule has 3 heteroatoms. The first-order valence-electron chi connectivity index (χ1n) is 5.91. The van der Waals surface area contributed by atoms with Crippen molar-refractivity contribution in [1.82, 2.24) is 5.32 Å². The first kappa shape index (κ1) is 15.3. The molecule has 0 radical (unpaired) electrons. The van der Waals surface area contributed by atoms with E-state index in [2.05, 4.69) is 46.9 Å². The summed E-state index contributed by atoms with van der Waals surface area (Å²) in [6, 6.07) is 0.0752. The molecule has 0 aromatic carbocycles. The first-order chi connectivity index (χ1) is 6.94. The van der Waals surface area contributed by atoms with Gasteiger partial charge in [0.25, 0.3) is 0 Å². The lowest BCUT2D eigenvalue weighted by atomic mass is 9.72. The first-order valence-corrected chi connectivity index (χ1v) is 5.91. The zero-order valence-electron chi connectivity index (χ0n) is 12.0. The average molecular weight is 229 g/mol. The Labute approximate surface area is 99.9 Å². The maximum Gasteiger partial charge on any atom is 0.407 e. The fourth-order valence-corrected chi connectivity index (χ4v) is 2.10. The van der Waals surface area contributed by atoms with Crippen LogP contribution in [0.1, 0.15) is 55.4 Å². The van der Waals surface area contributed by atoms with Gasteiger partial charge in [-0.3, -0.25) is 0 Å². The van der Waals surface area contributed by atoms with E-state index in [1.807, 2.05) is 13.8 Å². The summed E-state index contributed by atoms with van der Waals surface area (Å²) in [5, 5.41) is 2.97. The highest BCUT2D eigenvalue weighted by Crippen LogP contribution is 2.33. The van der Waals surface area contributed by atoms with E-state index in [0.29, 0.717) is 0 Å². The van der Waals surface area contributed by atoms with Crippen molar-refractivity contribution in [3.05, 3.63) is 0 Å². The SMILES string of the molecule is CC(C)OC(=O)NC(C(C)(C)C)C(C)(C)C. The van der Waals surface area contributed by atoms with Crippen LogP contribution in [0.15, 0.2) is 0 Å². The summed E-state index contributed by atoms with van der Waals surface area (Å²) in [5.41, 5.74) is 0.0164. The topological polar surface area (TPSA) is 38.3 Å². The molecular weight excluding hydrogens is 202 g/mol. The van der Waals surface area contributed by atoms with Crippen molar-refractivity contribution in [3.63, 3.8) is 0 Å². The molecule has 0 saturated heterocycles. The molecule has 96 valence electrons. The quantitative estimate of drug-likeness (QED) is 0.786. The van der Waals surface area contributed by atoms with Crippen molar-refractivity contribution in [3.8, 4) is 0 Å². The fourth-order valence-electron chi connectivity index (χ4n) is 2.10. The molecule has 0 aromatic rings. The largest absolute Gasteiger partial charge is 0.447 e.